The van der Waals surface area contributed by atoms with E-state index in [-0.39, 0.29) is 17.0 Å². The molecule has 7 heteroatoms. The Morgan fingerprint density at radius 2 is 2.05 bits per heavy atom. The van der Waals surface area contributed by atoms with E-state index in [1.165, 1.54) is 18.2 Å². The van der Waals surface area contributed by atoms with Gasteiger partial charge < -0.3 is 20.8 Å². The molecule has 2 rings (SSSR count). The summed E-state index contributed by atoms with van der Waals surface area (Å²) in [6.45, 7) is 0.295. The lowest BCUT2D eigenvalue weighted by atomic mass is 10.2. The van der Waals surface area contributed by atoms with Gasteiger partial charge in [0.25, 0.3) is 0 Å². The molecule has 0 bridgehead atoms. The fraction of sp³-hybridized carbons (Fsp3) is 0.0714. The number of carboxylic acid groups (broad SMARTS) is 1. The van der Waals surface area contributed by atoms with Crippen molar-refractivity contribution in [3.8, 4) is 5.75 Å². The molecule has 0 radical (unpaired) electrons. The van der Waals surface area contributed by atoms with E-state index in [0.29, 0.717) is 6.54 Å². The van der Waals surface area contributed by atoms with Crippen LogP contribution in [0, 0.1) is 0 Å². The number of rotatable bonds is 4. The van der Waals surface area contributed by atoms with Gasteiger partial charge in [-0.25, -0.2) is 9.59 Å². The summed E-state index contributed by atoms with van der Waals surface area (Å²) < 4.78 is 0. The molecule has 0 fully saturated rings. The second-order valence-corrected chi connectivity index (χ2v) is 4.21. The van der Waals surface area contributed by atoms with E-state index >= 15 is 0 Å². The van der Waals surface area contributed by atoms with Gasteiger partial charge in [0, 0.05) is 24.6 Å². The lowest BCUT2D eigenvalue weighted by Crippen LogP contribution is -2.28. The van der Waals surface area contributed by atoms with E-state index < -0.39 is 12.0 Å². The zero-order valence-corrected chi connectivity index (χ0v) is 10.9. The first-order chi connectivity index (χ1) is 10.1. The molecule has 0 atom stereocenters. The average molecular weight is 287 g/mol. The van der Waals surface area contributed by atoms with Gasteiger partial charge in [-0.15, -0.1) is 0 Å². The van der Waals surface area contributed by atoms with Crippen LogP contribution >= 0.6 is 0 Å². The molecule has 0 saturated heterocycles. The highest BCUT2D eigenvalue weighted by atomic mass is 16.4. The van der Waals surface area contributed by atoms with Crippen LogP contribution in [0.1, 0.15) is 15.9 Å². The fourth-order valence-corrected chi connectivity index (χ4v) is 1.65. The van der Waals surface area contributed by atoms with Gasteiger partial charge in [-0.3, -0.25) is 4.98 Å². The highest BCUT2D eigenvalue weighted by Gasteiger charge is 2.11. The third kappa shape index (κ3) is 3.93. The minimum Gasteiger partial charge on any atom is -0.507 e. The smallest absolute Gasteiger partial charge is 0.339 e. The number of hydrogen-bond donors (Lipinski definition) is 4. The average Bonchev–Trinajstić information content (AvgIpc) is 2.48. The van der Waals surface area contributed by atoms with Crippen molar-refractivity contribution in [2.45, 2.75) is 6.54 Å². The molecule has 0 spiro atoms. The maximum Gasteiger partial charge on any atom is 0.339 e. The zero-order valence-electron chi connectivity index (χ0n) is 10.9. The quantitative estimate of drug-likeness (QED) is 0.641. The summed E-state index contributed by atoms with van der Waals surface area (Å²) in [5.74, 6) is -1.63. The van der Waals surface area contributed by atoms with Crippen LogP contribution in [0.3, 0.4) is 0 Å². The Hall–Kier alpha value is -3.09. The minimum absolute atomic E-state index is 0.272. The Labute approximate surface area is 120 Å². The molecule has 0 aliphatic heterocycles. The normalized spacial score (nSPS) is 9.90. The SMILES string of the molecule is O=C(NCc1cccnc1)Nc1ccc(O)c(C(=O)O)c1. The molecule has 0 aliphatic rings. The number of nitrogens with one attached hydrogen (secondary N) is 2. The van der Waals surface area contributed by atoms with Gasteiger partial charge in [0.2, 0.25) is 0 Å². The van der Waals surface area contributed by atoms with Gasteiger partial charge in [-0.1, -0.05) is 6.07 Å². The monoisotopic (exact) mass is 287 g/mol. The molecule has 1 heterocycles. The van der Waals surface area contributed by atoms with Gasteiger partial charge in [-0.05, 0) is 29.8 Å². The number of aromatic carboxylic acids is 1. The first-order valence-corrected chi connectivity index (χ1v) is 6.06. The van der Waals surface area contributed by atoms with Crippen LogP contribution in [0.4, 0.5) is 10.5 Å². The molecule has 2 amide bonds. The second kappa shape index (κ2) is 6.38. The van der Waals surface area contributed by atoms with Crippen molar-refractivity contribution in [1.82, 2.24) is 10.3 Å². The number of urea groups is 1. The lowest BCUT2D eigenvalue weighted by Gasteiger charge is -2.08. The summed E-state index contributed by atoms with van der Waals surface area (Å²) in [5, 5.41) is 23.4. The summed E-state index contributed by atoms with van der Waals surface area (Å²) in [4.78, 5) is 26.5. The Morgan fingerprint density at radius 1 is 1.24 bits per heavy atom. The van der Waals surface area contributed by atoms with E-state index in [1.807, 2.05) is 6.07 Å². The van der Waals surface area contributed by atoms with Gasteiger partial charge in [0.1, 0.15) is 11.3 Å². The van der Waals surface area contributed by atoms with Gasteiger partial charge in [-0.2, -0.15) is 0 Å². The van der Waals surface area contributed by atoms with E-state index in [4.69, 9.17) is 5.11 Å². The summed E-state index contributed by atoms with van der Waals surface area (Å²) in [5.41, 5.74) is 0.832. The topological polar surface area (TPSA) is 112 Å². The number of amides is 2. The van der Waals surface area contributed by atoms with E-state index in [1.54, 1.807) is 18.5 Å². The van der Waals surface area contributed by atoms with Crippen LogP contribution in [0.2, 0.25) is 0 Å². The number of nitrogens with zero attached hydrogens (tertiary/aromatic N) is 1. The molecule has 7 nitrogen and oxygen atoms in total. The predicted octanol–water partition coefficient (Wildman–Crippen LogP) is 1.81. The zero-order chi connectivity index (χ0) is 15.2. The Morgan fingerprint density at radius 3 is 2.71 bits per heavy atom. The molecule has 21 heavy (non-hydrogen) atoms. The summed E-state index contributed by atoms with van der Waals surface area (Å²) in [6.07, 6.45) is 3.26. The molecule has 0 saturated carbocycles. The molecular weight excluding hydrogens is 274 g/mol. The standard InChI is InChI=1S/C14H13N3O4/c18-12-4-3-10(6-11(12)13(19)20)17-14(21)16-8-9-2-1-5-15-7-9/h1-7,18H,8H2,(H,19,20)(H2,16,17,21). The molecule has 108 valence electrons. The largest absolute Gasteiger partial charge is 0.507 e. The van der Waals surface area contributed by atoms with Crippen LogP contribution in [0.25, 0.3) is 0 Å². The van der Waals surface area contributed by atoms with Crippen molar-refractivity contribution in [1.29, 1.82) is 0 Å². The number of carbonyl (C=O) groups is 2. The first kappa shape index (κ1) is 14.3. The van der Waals surface area contributed by atoms with E-state index in [0.717, 1.165) is 5.56 Å². The summed E-state index contributed by atoms with van der Waals surface area (Å²) in [6, 6.07) is 6.89. The van der Waals surface area contributed by atoms with Crippen LogP contribution in [0.5, 0.6) is 5.75 Å². The maximum atomic E-state index is 11.7. The third-order valence-corrected chi connectivity index (χ3v) is 2.66. The predicted molar refractivity (Wildman–Crippen MR) is 75.2 cm³/mol. The highest BCUT2D eigenvalue weighted by molar-refractivity contribution is 5.95. The lowest BCUT2D eigenvalue weighted by molar-refractivity contribution is 0.0693. The third-order valence-electron chi connectivity index (χ3n) is 2.66. The van der Waals surface area contributed by atoms with Crippen LogP contribution < -0.4 is 10.6 Å². The number of phenols is 1. The van der Waals surface area contributed by atoms with Gasteiger partial charge in [0.15, 0.2) is 0 Å². The molecule has 2 aromatic rings. The van der Waals surface area contributed by atoms with E-state index in [9.17, 15) is 14.7 Å². The molecule has 0 aliphatic carbocycles. The van der Waals surface area contributed by atoms with Crippen LogP contribution in [-0.2, 0) is 6.54 Å². The number of pyridine rings is 1. The summed E-state index contributed by atoms with van der Waals surface area (Å²) in [7, 11) is 0. The molecule has 1 aromatic heterocycles. The van der Waals surface area contributed by atoms with Crippen molar-refractivity contribution in [3.63, 3.8) is 0 Å². The van der Waals surface area contributed by atoms with Crippen LogP contribution in [-0.4, -0.2) is 27.2 Å². The minimum atomic E-state index is -1.27. The maximum absolute atomic E-state index is 11.7. The van der Waals surface area contributed by atoms with Crippen molar-refractivity contribution in [2.24, 2.45) is 0 Å². The number of carboxylic acids is 1. The number of aromatic hydroxyl groups is 1. The molecule has 4 N–H and O–H groups in total. The Kier molecular flexibility index (Phi) is 4.35. The van der Waals surface area contributed by atoms with Crippen molar-refractivity contribution < 1.29 is 19.8 Å². The van der Waals surface area contributed by atoms with E-state index in [2.05, 4.69) is 15.6 Å². The summed E-state index contributed by atoms with van der Waals surface area (Å²) >= 11 is 0. The Bertz CT molecular complexity index is 659. The van der Waals surface area contributed by atoms with Crippen LogP contribution in [0.15, 0.2) is 42.7 Å². The van der Waals surface area contributed by atoms with Gasteiger partial charge >= 0.3 is 12.0 Å². The number of benzene rings is 1. The second-order valence-electron chi connectivity index (χ2n) is 4.21. The first-order valence-electron chi connectivity index (χ1n) is 6.06. The highest BCUT2D eigenvalue weighted by Crippen LogP contribution is 2.21. The van der Waals surface area contributed by atoms with Crippen molar-refractivity contribution in [2.75, 3.05) is 5.32 Å². The van der Waals surface area contributed by atoms with Gasteiger partial charge in [0.05, 0.1) is 0 Å². The van der Waals surface area contributed by atoms with Crippen molar-refractivity contribution >= 4 is 17.7 Å². The number of anilines is 1. The number of hydrogen-bond acceptors (Lipinski definition) is 4. The fourth-order valence-electron chi connectivity index (χ4n) is 1.65. The van der Waals surface area contributed by atoms with Crippen molar-refractivity contribution in [3.05, 3.63) is 53.9 Å². The molecular formula is C14H13N3O4. The Balaban J connectivity index is 1.97. The molecule has 0 unspecified atom stereocenters. The molecule has 1 aromatic carbocycles. The number of aromatic nitrogens is 1. The number of carbonyl (C=O) groups excluding carboxylic acids is 1.